The van der Waals surface area contributed by atoms with E-state index in [2.05, 4.69) is 19.2 Å². The standard InChI is InChI=1S/C19H21NO3/c1-13(2)17-8-7-14(3)9-18(17)23-12-19(22)20-16-6-4-5-15(10-16)11-21/h4-11,13H,12H2,1-3H3,(H,20,22). The molecule has 1 amide bonds. The third kappa shape index (κ3) is 4.68. The second-order valence-electron chi connectivity index (χ2n) is 5.78. The third-order valence-corrected chi connectivity index (χ3v) is 3.46. The van der Waals surface area contributed by atoms with Crippen molar-refractivity contribution in [2.45, 2.75) is 26.7 Å². The molecule has 0 saturated carbocycles. The molecule has 2 aromatic rings. The van der Waals surface area contributed by atoms with Gasteiger partial charge in [0.05, 0.1) is 0 Å². The molecule has 2 rings (SSSR count). The lowest BCUT2D eigenvalue weighted by molar-refractivity contribution is -0.118. The molecule has 0 saturated heterocycles. The van der Waals surface area contributed by atoms with Gasteiger partial charge in [-0.05, 0) is 42.2 Å². The summed E-state index contributed by atoms with van der Waals surface area (Å²) < 4.78 is 5.69. The van der Waals surface area contributed by atoms with Gasteiger partial charge in [-0.2, -0.15) is 0 Å². The summed E-state index contributed by atoms with van der Waals surface area (Å²) in [6.45, 7) is 6.08. The van der Waals surface area contributed by atoms with Crippen LogP contribution in [-0.4, -0.2) is 18.8 Å². The summed E-state index contributed by atoms with van der Waals surface area (Å²) in [6.07, 6.45) is 0.744. The number of aldehydes is 1. The summed E-state index contributed by atoms with van der Waals surface area (Å²) in [5.41, 5.74) is 3.26. The molecule has 0 atom stereocenters. The number of hydrogen-bond donors (Lipinski definition) is 1. The summed E-state index contributed by atoms with van der Waals surface area (Å²) in [4.78, 5) is 22.8. The van der Waals surface area contributed by atoms with E-state index in [1.54, 1.807) is 24.3 Å². The minimum absolute atomic E-state index is 0.0749. The Balaban J connectivity index is 2.01. The number of ether oxygens (including phenoxy) is 1. The lowest BCUT2D eigenvalue weighted by Gasteiger charge is -2.15. The van der Waals surface area contributed by atoms with Gasteiger partial charge in [-0.3, -0.25) is 9.59 Å². The van der Waals surface area contributed by atoms with Crippen LogP contribution in [-0.2, 0) is 4.79 Å². The Morgan fingerprint density at radius 3 is 2.70 bits per heavy atom. The highest BCUT2D eigenvalue weighted by atomic mass is 16.5. The fraction of sp³-hybridized carbons (Fsp3) is 0.263. The summed E-state index contributed by atoms with van der Waals surface area (Å²) in [5.74, 6) is 0.791. The van der Waals surface area contributed by atoms with Gasteiger partial charge in [-0.1, -0.05) is 38.1 Å². The molecule has 2 aromatic carbocycles. The third-order valence-electron chi connectivity index (χ3n) is 3.46. The van der Waals surface area contributed by atoms with Crippen molar-refractivity contribution in [1.29, 1.82) is 0 Å². The van der Waals surface area contributed by atoms with E-state index in [0.717, 1.165) is 23.2 Å². The van der Waals surface area contributed by atoms with Crippen LogP contribution in [0.3, 0.4) is 0 Å². The van der Waals surface area contributed by atoms with Crippen molar-refractivity contribution < 1.29 is 14.3 Å². The van der Waals surface area contributed by atoms with Gasteiger partial charge in [0, 0.05) is 11.3 Å². The Kier molecular flexibility index (Phi) is 5.52. The maximum absolute atomic E-state index is 12.0. The van der Waals surface area contributed by atoms with E-state index in [0.29, 0.717) is 17.2 Å². The summed E-state index contributed by atoms with van der Waals surface area (Å²) in [5, 5.41) is 2.73. The minimum atomic E-state index is -0.260. The van der Waals surface area contributed by atoms with E-state index < -0.39 is 0 Å². The van der Waals surface area contributed by atoms with E-state index in [-0.39, 0.29) is 12.5 Å². The van der Waals surface area contributed by atoms with Gasteiger partial charge in [-0.25, -0.2) is 0 Å². The number of nitrogens with one attached hydrogen (secondary N) is 1. The molecular weight excluding hydrogens is 290 g/mol. The quantitative estimate of drug-likeness (QED) is 0.822. The molecule has 0 fully saturated rings. The molecular formula is C19H21NO3. The SMILES string of the molecule is Cc1ccc(C(C)C)c(OCC(=O)Nc2cccc(C=O)c2)c1. The molecule has 0 radical (unpaired) electrons. The number of anilines is 1. The predicted octanol–water partition coefficient (Wildman–Crippen LogP) is 3.95. The zero-order chi connectivity index (χ0) is 16.8. The van der Waals surface area contributed by atoms with Crippen molar-refractivity contribution >= 4 is 17.9 Å². The van der Waals surface area contributed by atoms with E-state index in [1.165, 1.54) is 0 Å². The van der Waals surface area contributed by atoms with Crippen molar-refractivity contribution in [3.63, 3.8) is 0 Å². The molecule has 0 aliphatic rings. The molecule has 0 bridgehead atoms. The number of hydrogen-bond acceptors (Lipinski definition) is 3. The number of carbonyl (C=O) groups is 2. The number of aryl methyl sites for hydroxylation is 1. The topological polar surface area (TPSA) is 55.4 Å². The van der Waals surface area contributed by atoms with Gasteiger partial charge >= 0.3 is 0 Å². The molecule has 0 unspecified atom stereocenters. The van der Waals surface area contributed by atoms with Gasteiger partial charge in [0.25, 0.3) is 5.91 Å². The van der Waals surface area contributed by atoms with Crippen LogP contribution in [0, 0.1) is 6.92 Å². The highest BCUT2D eigenvalue weighted by molar-refractivity contribution is 5.92. The molecule has 0 aliphatic carbocycles. The Hall–Kier alpha value is -2.62. The Bertz CT molecular complexity index is 708. The first-order valence-electron chi connectivity index (χ1n) is 7.58. The molecule has 0 aromatic heterocycles. The molecule has 4 nitrogen and oxygen atoms in total. The summed E-state index contributed by atoms with van der Waals surface area (Å²) in [6, 6.07) is 12.8. The lowest BCUT2D eigenvalue weighted by atomic mass is 10.0. The van der Waals surface area contributed by atoms with Crippen LogP contribution < -0.4 is 10.1 Å². The van der Waals surface area contributed by atoms with Crippen LogP contribution in [0.15, 0.2) is 42.5 Å². The van der Waals surface area contributed by atoms with Crippen LogP contribution in [0.4, 0.5) is 5.69 Å². The van der Waals surface area contributed by atoms with Crippen LogP contribution >= 0.6 is 0 Å². The largest absolute Gasteiger partial charge is 0.483 e. The number of carbonyl (C=O) groups excluding carboxylic acids is 2. The Morgan fingerprint density at radius 2 is 2.00 bits per heavy atom. The smallest absolute Gasteiger partial charge is 0.262 e. The fourth-order valence-electron chi connectivity index (χ4n) is 2.27. The van der Waals surface area contributed by atoms with Crippen molar-refractivity contribution in [2.24, 2.45) is 0 Å². The molecule has 1 N–H and O–H groups in total. The first-order chi connectivity index (χ1) is 11.0. The molecule has 120 valence electrons. The monoisotopic (exact) mass is 311 g/mol. The van der Waals surface area contributed by atoms with Crippen molar-refractivity contribution in [2.75, 3.05) is 11.9 Å². The second-order valence-corrected chi connectivity index (χ2v) is 5.78. The average molecular weight is 311 g/mol. The maximum Gasteiger partial charge on any atom is 0.262 e. The number of rotatable bonds is 6. The van der Waals surface area contributed by atoms with Crippen LogP contribution in [0.25, 0.3) is 0 Å². The molecule has 0 aliphatic heterocycles. The highest BCUT2D eigenvalue weighted by Gasteiger charge is 2.10. The first-order valence-corrected chi connectivity index (χ1v) is 7.58. The summed E-state index contributed by atoms with van der Waals surface area (Å²) in [7, 11) is 0. The van der Waals surface area contributed by atoms with E-state index in [4.69, 9.17) is 4.74 Å². The molecule has 23 heavy (non-hydrogen) atoms. The normalized spacial score (nSPS) is 10.4. The number of amides is 1. The van der Waals surface area contributed by atoms with Crippen LogP contribution in [0.2, 0.25) is 0 Å². The highest BCUT2D eigenvalue weighted by Crippen LogP contribution is 2.27. The maximum atomic E-state index is 12.0. The van der Waals surface area contributed by atoms with Gasteiger partial charge in [0.1, 0.15) is 12.0 Å². The average Bonchev–Trinajstić information content (AvgIpc) is 2.53. The van der Waals surface area contributed by atoms with Crippen molar-refractivity contribution in [3.8, 4) is 5.75 Å². The summed E-state index contributed by atoms with van der Waals surface area (Å²) >= 11 is 0. The number of benzene rings is 2. The van der Waals surface area contributed by atoms with Crippen LogP contribution in [0.1, 0.15) is 41.3 Å². The lowest BCUT2D eigenvalue weighted by Crippen LogP contribution is -2.20. The predicted molar refractivity (Wildman–Crippen MR) is 91.2 cm³/mol. The minimum Gasteiger partial charge on any atom is -0.483 e. The molecule has 0 spiro atoms. The van der Waals surface area contributed by atoms with E-state index >= 15 is 0 Å². The molecule has 4 heteroatoms. The van der Waals surface area contributed by atoms with Crippen LogP contribution in [0.5, 0.6) is 5.75 Å². The fourth-order valence-corrected chi connectivity index (χ4v) is 2.27. The first kappa shape index (κ1) is 16.7. The van der Waals surface area contributed by atoms with Crippen molar-refractivity contribution in [1.82, 2.24) is 0 Å². The molecule has 0 heterocycles. The van der Waals surface area contributed by atoms with Gasteiger partial charge in [-0.15, -0.1) is 0 Å². The van der Waals surface area contributed by atoms with E-state index in [9.17, 15) is 9.59 Å². The van der Waals surface area contributed by atoms with Gasteiger partial charge in [0.2, 0.25) is 0 Å². The zero-order valence-electron chi connectivity index (χ0n) is 13.6. The van der Waals surface area contributed by atoms with E-state index in [1.807, 2.05) is 25.1 Å². The Morgan fingerprint density at radius 1 is 1.22 bits per heavy atom. The Labute approximate surface area is 136 Å². The zero-order valence-corrected chi connectivity index (χ0v) is 13.6. The second kappa shape index (κ2) is 7.58. The van der Waals surface area contributed by atoms with Crippen molar-refractivity contribution in [3.05, 3.63) is 59.2 Å². The van der Waals surface area contributed by atoms with Gasteiger partial charge < -0.3 is 10.1 Å². The van der Waals surface area contributed by atoms with Gasteiger partial charge in [0.15, 0.2) is 6.61 Å².